The summed E-state index contributed by atoms with van der Waals surface area (Å²) in [5.74, 6) is -0.448. The average molecular weight is 313 g/mol. The number of esters is 1. The van der Waals surface area contributed by atoms with Crippen molar-refractivity contribution in [2.45, 2.75) is 6.61 Å². The fraction of sp³-hybridized carbons (Fsp3) is 0.0588. The molecule has 2 heterocycles. The number of carbonyl (C=O) groups excluding carboxylic acids is 1. The van der Waals surface area contributed by atoms with Crippen LogP contribution in [0.2, 0.25) is 5.02 Å². The fourth-order valence-corrected chi connectivity index (χ4v) is 2.24. The van der Waals surface area contributed by atoms with E-state index < -0.39 is 5.97 Å². The monoisotopic (exact) mass is 312 g/mol. The van der Waals surface area contributed by atoms with Gasteiger partial charge >= 0.3 is 5.97 Å². The molecule has 0 atom stereocenters. The highest BCUT2D eigenvalue weighted by Crippen LogP contribution is 2.21. The van der Waals surface area contributed by atoms with Crippen molar-refractivity contribution in [3.63, 3.8) is 0 Å². The van der Waals surface area contributed by atoms with Crippen molar-refractivity contribution in [1.29, 1.82) is 0 Å². The molecule has 1 aromatic carbocycles. The highest BCUT2D eigenvalue weighted by molar-refractivity contribution is 6.33. The smallest absolute Gasteiger partial charge is 0.340 e. The quantitative estimate of drug-likeness (QED) is 0.687. The number of hydrogen-bond acceptors (Lipinski definition) is 3. The first-order valence-electron chi connectivity index (χ1n) is 6.73. The molecule has 22 heavy (non-hydrogen) atoms. The third-order valence-corrected chi connectivity index (χ3v) is 3.52. The molecule has 0 saturated heterocycles. The second-order valence-corrected chi connectivity index (χ2v) is 5.09. The maximum absolute atomic E-state index is 12.2. The molecule has 0 radical (unpaired) electrons. The number of ether oxygens (including phenoxy) is 1. The molecule has 3 rings (SSSR count). The van der Waals surface area contributed by atoms with Crippen LogP contribution in [0.4, 0.5) is 0 Å². The number of nitrogens with zero attached hydrogens (tertiary/aromatic N) is 2. The van der Waals surface area contributed by atoms with Gasteiger partial charge in [0.2, 0.25) is 0 Å². The van der Waals surface area contributed by atoms with Gasteiger partial charge in [-0.1, -0.05) is 11.6 Å². The Morgan fingerprint density at radius 2 is 1.86 bits per heavy atom. The Kier molecular flexibility index (Phi) is 4.21. The second kappa shape index (κ2) is 6.45. The summed E-state index contributed by atoms with van der Waals surface area (Å²) in [7, 11) is 0. The van der Waals surface area contributed by atoms with Crippen molar-refractivity contribution in [3.05, 3.63) is 83.4 Å². The molecule has 0 saturated carbocycles. The van der Waals surface area contributed by atoms with E-state index in [0.29, 0.717) is 10.6 Å². The molecule has 0 unspecified atom stereocenters. The number of aromatic nitrogens is 2. The Hall–Kier alpha value is -2.59. The molecule has 0 bridgehead atoms. The van der Waals surface area contributed by atoms with Crippen molar-refractivity contribution >= 4 is 17.6 Å². The zero-order valence-electron chi connectivity index (χ0n) is 11.6. The van der Waals surface area contributed by atoms with Crippen molar-refractivity contribution < 1.29 is 9.53 Å². The highest BCUT2D eigenvalue weighted by atomic mass is 35.5. The van der Waals surface area contributed by atoms with Crippen LogP contribution in [-0.4, -0.2) is 15.5 Å². The number of benzene rings is 1. The number of carbonyl (C=O) groups is 1. The van der Waals surface area contributed by atoms with Crippen LogP contribution in [0.25, 0.3) is 5.69 Å². The topological polar surface area (TPSA) is 44.1 Å². The highest BCUT2D eigenvalue weighted by Gasteiger charge is 2.13. The van der Waals surface area contributed by atoms with E-state index in [1.54, 1.807) is 36.7 Å². The van der Waals surface area contributed by atoms with E-state index in [4.69, 9.17) is 16.3 Å². The van der Waals surface area contributed by atoms with Gasteiger partial charge in [-0.15, -0.1) is 0 Å². The maximum atomic E-state index is 12.2. The first-order chi connectivity index (χ1) is 10.7. The van der Waals surface area contributed by atoms with E-state index in [9.17, 15) is 4.79 Å². The van der Waals surface area contributed by atoms with E-state index in [-0.39, 0.29) is 6.61 Å². The summed E-state index contributed by atoms with van der Waals surface area (Å²) < 4.78 is 7.21. The number of rotatable bonds is 4. The molecule has 2 aromatic heterocycles. The molecule has 5 heteroatoms. The minimum Gasteiger partial charge on any atom is -0.457 e. The SMILES string of the molecule is O=C(OCc1ccncc1)c1cc(-n2cccc2)ccc1Cl. The molecule has 0 spiro atoms. The van der Waals surface area contributed by atoms with E-state index in [0.717, 1.165) is 11.3 Å². The Bertz CT molecular complexity index is 771. The molecule has 0 aliphatic rings. The third kappa shape index (κ3) is 3.18. The molecule has 4 nitrogen and oxygen atoms in total. The summed E-state index contributed by atoms with van der Waals surface area (Å²) in [6.07, 6.45) is 7.11. The van der Waals surface area contributed by atoms with E-state index in [1.165, 1.54) is 0 Å². The van der Waals surface area contributed by atoms with Gasteiger partial charge in [0.05, 0.1) is 10.6 Å². The molecule has 0 N–H and O–H groups in total. The van der Waals surface area contributed by atoms with Crippen LogP contribution >= 0.6 is 11.6 Å². The Labute approximate surface area is 132 Å². The summed E-state index contributed by atoms with van der Waals surface area (Å²) in [5.41, 5.74) is 2.08. The van der Waals surface area contributed by atoms with Crippen LogP contribution < -0.4 is 0 Å². The largest absolute Gasteiger partial charge is 0.457 e. The standard InChI is InChI=1S/C17H13ClN2O2/c18-16-4-3-14(20-9-1-2-10-20)11-15(16)17(21)22-12-13-5-7-19-8-6-13/h1-11H,12H2. The maximum Gasteiger partial charge on any atom is 0.340 e. The van der Waals surface area contributed by atoms with Crippen molar-refractivity contribution in [2.24, 2.45) is 0 Å². The molecule has 0 aliphatic carbocycles. The van der Waals surface area contributed by atoms with Gasteiger partial charge in [-0.05, 0) is 48.0 Å². The minimum absolute atomic E-state index is 0.186. The third-order valence-electron chi connectivity index (χ3n) is 3.19. The zero-order chi connectivity index (χ0) is 15.4. The van der Waals surface area contributed by atoms with Crippen LogP contribution in [0, 0.1) is 0 Å². The first-order valence-corrected chi connectivity index (χ1v) is 7.11. The predicted molar refractivity (Wildman–Crippen MR) is 84.1 cm³/mol. The fourth-order valence-electron chi connectivity index (χ4n) is 2.04. The average Bonchev–Trinajstić information content (AvgIpc) is 3.08. The Morgan fingerprint density at radius 1 is 1.14 bits per heavy atom. The normalized spacial score (nSPS) is 10.4. The predicted octanol–water partition coefficient (Wildman–Crippen LogP) is 3.88. The van der Waals surface area contributed by atoms with Gasteiger partial charge in [-0.25, -0.2) is 4.79 Å². The Morgan fingerprint density at radius 3 is 2.59 bits per heavy atom. The van der Waals surface area contributed by atoms with Crippen LogP contribution in [0.15, 0.2) is 67.3 Å². The first kappa shape index (κ1) is 14.4. The molecule has 3 aromatic rings. The van der Waals surface area contributed by atoms with E-state index in [2.05, 4.69) is 4.98 Å². The van der Waals surface area contributed by atoms with Crippen molar-refractivity contribution in [3.8, 4) is 5.69 Å². The van der Waals surface area contributed by atoms with E-state index >= 15 is 0 Å². The molecule has 0 amide bonds. The van der Waals surface area contributed by atoms with Gasteiger partial charge in [-0.3, -0.25) is 4.98 Å². The second-order valence-electron chi connectivity index (χ2n) is 4.69. The van der Waals surface area contributed by atoms with E-state index in [1.807, 2.05) is 35.2 Å². The lowest BCUT2D eigenvalue weighted by Crippen LogP contribution is -2.07. The van der Waals surface area contributed by atoms with Gasteiger partial charge in [0.25, 0.3) is 0 Å². The van der Waals surface area contributed by atoms with Gasteiger partial charge in [0.1, 0.15) is 6.61 Å². The number of hydrogen-bond donors (Lipinski definition) is 0. The molecule has 110 valence electrons. The van der Waals surface area contributed by atoms with Gasteiger partial charge in [0, 0.05) is 30.5 Å². The van der Waals surface area contributed by atoms with Crippen molar-refractivity contribution in [2.75, 3.05) is 0 Å². The van der Waals surface area contributed by atoms with Gasteiger partial charge < -0.3 is 9.30 Å². The zero-order valence-corrected chi connectivity index (χ0v) is 12.4. The lowest BCUT2D eigenvalue weighted by molar-refractivity contribution is 0.0473. The number of halogens is 1. The summed E-state index contributed by atoms with van der Waals surface area (Å²) in [6.45, 7) is 0.186. The summed E-state index contributed by atoms with van der Waals surface area (Å²) in [5, 5.41) is 0.371. The lowest BCUT2D eigenvalue weighted by Gasteiger charge is -2.09. The van der Waals surface area contributed by atoms with Crippen molar-refractivity contribution in [1.82, 2.24) is 9.55 Å². The van der Waals surface area contributed by atoms with Crippen LogP contribution in [0.5, 0.6) is 0 Å². The summed E-state index contributed by atoms with van der Waals surface area (Å²) in [6, 6.07) is 12.7. The van der Waals surface area contributed by atoms with Crippen LogP contribution in [0.3, 0.4) is 0 Å². The summed E-state index contributed by atoms with van der Waals surface area (Å²) >= 11 is 6.11. The lowest BCUT2D eigenvalue weighted by atomic mass is 10.2. The van der Waals surface area contributed by atoms with Gasteiger partial charge in [0.15, 0.2) is 0 Å². The summed E-state index contributed by atoms with van der Waals surface area (Å²) in [4.78, 5) is 16.1. The van der Waals surface area contributed by atoms with Crippen LogP contribution in [0.1, 0.15) is 15.9 Å². The minimum atomic E-state index is -0.448. The van der Waals surface area contributed by atoms with Gasteiger partial charge in [-0.2, -0.15) is 0 Å². The molecule has 0 aliphatic heterocycles. The van der Waals surface area contributed by atoms with Crippen LogP contribution in [-0.2, 0) is 11.3 Å². The molecular formula is C17H13ClN2O2. The molecular weight excluding hydrogens is 300 g/mol. The molecule has 0 fully saturated rings. The Balaban J connectivity index is 1.78. The number of pyridine rings is 1.